The van der Waals surface area contributed by atoms with E-state index in [1.165, 1.54) is 12.4 Å². The van der Waals surface area contributed by atoms with Gasteiger partial charge in [-0.05, 0) is 80.7 Å². The maximum atomic E-state index is 11.9. The zero-order valence-corrected chi connectivity index (χ0v) is 20.4. The Hall–Kier alpha value is -4.55. The van der Waals surface area contributed by atoms with Gasteiger partial charge in [0.05, 0.1) is 16.6 Å². The summed E-state index contributed by atoms with van der Waals surface area (Å²) in [5, 5.41) is 19.1. The molecule has 9 nitrogen and oxygen atoms in total. The third kappa shape index (κ3) is 4.55. The number of rotatable bonds is 5. The third-order valence-corrected chi connectivity index (χ3v) is 6.96. The molecule has 0 unspecified atom stereocenters. The number of ether oxygens (including phenoxy) is 1. The first-order valence-electron chi connectivity index (χ1n) is 12.1. The van der Waals surface area contributed by atoms with E-state index in [1.54, 1.807) is 12.3 Å². The van der Waals surface area contributed by atoms with Crippen LogP contribution in [0, 0.1) is 53.6 Å². The third-order valence-electron chi connectivity index (χ3n) is 6.96. The molecule has 1 aliphatic carbocycles. The Kier molecular flexibility index (Phi) is 5.66. The van der Waals surface area contributed by atoms with Crippen molar-refractivity contribution in [2.45, 2.75) is 13.8 Å². The fourth-order valence-corrected chi connectivity index (χ4v) is 4.86. The van der Waals surface area contributed by atoms with Gasteiger partial charge in [0.15, 0.2) is 0 Å². The van der Waals surface area contributed by atoms with E-state index in [2.05, 4.69) is 37.4 Å². The summed E-state index contributed by atoms with van der Waals surface area (Å²) in [7, 11) is 0. The van der Waals surface area contributed by atoms with Gasteiger partial charge < -0.3 is 15.4 Å². The number of benzene rings is 2. The van der Waals surface area contributed by atoms with Gasteiger partial charge in [-0.3, -0.25) is 15.1 Å². The van der Waals surface area contributed by atoms with Crippen LogP contribution in [-0.2, 0) is 0 Å². The Morgan fingerprint density at radius 2 is 1.92 bits per heavy atom. The monoisotopic (exact) mass is 492 g/mol. The average Bonchev–Trinajstić information content (AvgIpc) is 3.30. The van der Waals surface area contributed by atoms with E-state index in [9.17, 15) is 10.1 Å². The molecule has 9 heteroatoms. The molecule has 37 heavy (non-hydrogen) atoms. The lowest BCUT2D eigenvalue weighted by atomic mass is 10.1. The van der Waals surface area contributed by atoms with Gasteiger partial charge in [-0.25, -0.2) is 9.97 Å². The number of nitrogens with one attached hydrogen (secondary N) is 2. The first-order valence-corrected chi connectivity index (χ1v) is 12.1. The van der Waals surface area contributed by atoms with Crippen molar-refractivity contribution in [1.29, 1.82) is 0 Å². The minimum Gasteiger partial charge on any atom is -0.455 e. The fraction of sp³-hybridized carbons (Fsp3) is 0.250. The minimum absolute atomic E-state index is 0.0478. The van der Waals surface area contributed by atoms with Gasteiger partial charge in [0.1, 0.15) is 29.2 Å². The van der Waals surface area contributed by atoms with E-state index in [0.717, 1.165) is 30.0 Å². The van der Waals surface area contributed by atoms with Crippen LogP contribution in [0.3, 0.4) is 0 Å². The molecule has 3 atom stereocenters. The molecular weight excluding hydrogens is 468 g/mol. The predicted molar refractivity (Wildman–Crippen MR) is 140 cm³/mol. The van der Waals surface area contributed by atoms with Crippen LogP contribution in [0.15, 0.2) is 55.0 Å². The van der Waals surface area contributed by atoms with Crippen LogP contribution in [0.25, 0.3) is 10.9 Å². The maximum Gasteiger partial charge on any atom is 0.285 e. The minimum atomic E-state index is -0.397. The number of anilines is 2. The number of hydrogen-bond acceptors (Lipinski definition) is 8. The van der Waals surface area contributed by atoms with E-state index in [-0.39, 0.29) is 5.69 Å². The molecule has 1 saturated carbocycles. The summed E-state index contributed by atoms with van der Waals surface area (Å²) in [6, 6.07) is 12.6. The van der Waals surface area contributed by atoms with Crippen LogP contribution in [0.1, 0.15) is 16.8 Å². The highest BCUT2D eigenvalue weighted by Gasteiger charge is 2.51. The summed E-state index contributed by atoms with van der Waals surface area (Å²) in [5.41, 5.74) is 3.52. The van der Waals surface area contributed by atoms with Crippen molar-refractivity contribution in [3.05, 3.63) is 81.9 Å². The van der Waals surface area contributed by atoms with Crippen LogP contribution >= 0.6 is 0 Å². The Morgan fingerprint density at radius 1 is 1.08 bits per heavy atom. The fourth-order valence-electron chi connectivity index (χ4n) is 4.86. The quantitative estimate of drug-likeness (QED) is 0.230. The Morgan fingerprint density at radius 3 is 2.65 bits per heavy atom. The topological polar surface area (TPSA) is 115 Å². The molecule has 1 saturated heterocycles. The van der Waals surface area contributed by atoms with Crippen LogP contribution in [0.5, 0.6) is 11.5 Å². The highest BCUT2D eigenvalue weighted by Crippen LogP contribution is 2.48. The lowest BCUT2D eigenvalue weighted by molar-refractivity contribution is -0.385. The van der Waals surface area contributed by atoms with E-state index < -0.39 is 4.92 Å². The van der Waals surface area contributed by atoms with Gasteiger partial charge in [0.25, 0.3) is 5.69 Å². The molecule has 0 amide bonds. The number of fused-ring (bicyclic) bond motifs is 2. The summed E-state index contributed by atoms with van der Waals surface area (Å²) in [4.78, 5) is 24.5. The van der Waals surface area contributed by atoms with Crippen molar-refractivity contribution in [3.63, 3.8) is 0 Å². The van der Waals surface area contributed by atoms with Crippen molar-refractivity contribution in [1.82, 2.24) is 20.3 Å². The van der Waals surface area contributed by atoms with Gasteiger partial charge in [-0.2, -0.15) is 0 Å². The molecule has 184 valence electrons. The van der Waals surface area contributed by atoms with E-state index in [1.807, 2.05) is 44.2 Å². The van der Waals surface area contributed by atoms with Gasteiger partial charge in [0, 0.05) is 28.8 Å². The molecule has 4 aromatic rings. The van der Waals surface area contributed by atoms with Gasteiger partial charge in [-0.15, -0.1) is 0 Å². The summed E-state index contributed by atoms with van der Waals surface area (Å²) in [5.74, 6) is 9.61. The second kappa shape index (κ2) is 9.15. The molecule has 2 aliphatic rings. The Bertz CT molecular complexity index is 1580. The molecule has 0 bridgehead atoms. The van der Waals surface area contributed by atoms with Crippen molar-refractivity contribution in [2.75, 3.05) is 18.4 Å². The molecule has 6 rings (SSSR count). The summed E-state index contributed by atoms with van der Waals surface area (Å²) in [6.45, 7) is 5.81. The zero-order chi connectivity index (χ0) is 25.5. The van der Waals surface area contributed by atoms with Crippen LogP contribution < -0.4 is 15.4 Å². The van der Waals surface area contributed by atoms with Crippen molar-refractivity contribution < 1.29 is 9.66 Å². The largest absolute Gasteiger partial charge is 0.455 e. The molecule has 3 heterocycles. The highest BCUT2D eigenvalue weighted by molar-refractivity contribution is 5.93. The van der Waals surface area contributed by atoms with Gasteiger partial charge >= 0.3 is 0 Å². The number of nitrogens with zero attached hydrogens (tertiary/aromatic N) is 4. The molecule has 0 spiro atoms. The van der Waals surface area contributed by atoms with Crippen LogP contribution in [0.4, 0.5) is 17.2 Å². The van der Waals surface area contributed by atoms with Crippen molar-refractivity contribution >= 4 is 28.1 Å². The Balaban J connectivity index is 1.27. The number of aromatic nitrogens is 3. The maximum absolute atomic E-state index is 11.9. The predicted octanol–water partition coefficient (Wildman–Crippen LogP) is 4.90. The molecular formula is C28H24N6O3. The average molecular weight is 493 g/mol. The van der Waals surface area contributed by atoms with Crippen LogP contribution in [0.2, 0.25) is 0 Å². The second-order valence-electron chi connectivity index (χ2n) is 9.49. The van der Waals surface area contributed by atoms with Crippen molar-refractivity contribution in [3.8, 4) is 23.3 Å². The summed E-state index contributed by atoms with van der Waals surface area (Å²) >= 11 is 0. The SMILES string of the molecule is Cc1ccc(Oc2ccc(Nc3ncnc4cc(C#C[C@H]5[C@H]6CNC[C@@H]56)c([N+](=O)[O-])cc34)cc2C)cn1. The first-order chi connectivity index (χ1) is 18.0. The molecule has 2 fully saturated rings. The van der Waals surface area contributed by atoms with Crippen LogP contribution in [-0.4, -0.2) is 33.0 Å². The molecule has 2 aromatic heterocycles. The van der Waals surface area contributed by atoms with E-state index >= 15 is 0 Å². The van der Waals surface area contributed by atoms with Crippen molar-refractivity contribution in [2.24, 2.45) is 17.8 Å². The lowest BCUT2D eigenvalue weighted by Crippen LogP contribution is -2.13. The number of aryl methyl sites for hydroxylation is 2. The lowest BCUT2D eigenvalue weighted by Gasteiger charge is -2.12. The number of nitro groups is 1. The normalized spacial score (nSPS) is 19.6. The standard InChI is InChI=1S/C28H24N6O3/c1-16-9-19(5-8-27(16)37-20-6-3-17(2)30-12-20)33-28-22-11-26(34(35)36)18(10-25(22)31-15-32-28)4-7-21-23-13-29-14-24(21)23/h3,5-6,8-12,15,21,23-24,29H,13-14H2,1-2H3,(H,31,32,33)/t21-,23+,24-. The van der Waals surface area contributed by atoms with Gasteiger partial charge in [-0.1, -0.05) is 11.8 Å². The van der Waals surface area contributed by atoms with E-state index in [0.29, 0.717) is 51.5 Å². The zero-order valence-electron chi connectivity index (χ0n) is 20.4. The first kappa shape index (κ1) is 22.9. The number of piperidine rings is 1. The highest BCUT2D eigenvalue weighted by atomic mass is 16.6. The summed E-state index contributed by atoms with van der Waals surface area (Å²) in [6.07, 6.45) is 3.13. The number of pyridine rings is 1. The molecule has 2 N–H and O–H groups in total. The molecule has 0 radical (unpaired) electrons. The van der Waals surface area contributed by atoms with E-state index in [4.69, 9.17) is 4.74 Å². The molecule has 2 aromatic carbocycles. The second-order valence-corrected chi connectivity index (χ2v) is 9.49. The number of hydrogen-bond donors (Lipinski definition) is 2. The van der Waals surface area contributed by atoms with Gasteiger partial charge in [0.2, 0.25) is 0 Å². The Labute approximate surface area is 213 Å². The molecule has 1 aliphatic heterocycles. The summed E-state index contributed by atoms with van der Waals surface area (Å²) < 4.78 is 5.96. The smallest absolute Gasteiger partial charge is 0.285 e. The number of nitro benzene ring substituents is 1.